The number of aliphatic hydroxyl groups is 2. The van der Waals surface area contributed by atoms with E-state index in [1.54, 1.807) is 36.4 Å². The van der Waals surface area contributed by atoms with Crippen LogP contribution in [0, 0.1) is 5.41 Å². The first kappa shape index (κ1) is 24.4. The van der Waals surface area contributed by atoms with Crippen molar-refractivity contribution in [2.24, 2.45) is 5.41 Å². The quantitative estimate of drug-likeness (QED) is 0.493. The third kappa shape index (κ3) is 5.97. The van der Waals surface area contributed by atoms with Crippen molar-refractivity contribution in [1.82, 2.24) is 10.2 Å². The fourth-order valence-electron chi connectivity index (χ4n) is 4.06. The van der Waals surface area contributed by atoms with E-state index in [2.05, 4.69) is 5.32 Å². The van der Waals surface area contributed by atoms with Crippen molar-refractivity contribution >= 4 is 17.8 Å². The van der Waals surface area contributed by atoms with Crippen molar-refractivity contribution in [1.29, 1.82) is 0 Å². The van der Waals surface area contributed by atoms with Crippen LogP contribution in [0.25, 0.3) is 0 Å². The van der Waals surface area contributed by atoms with Gasteiger partial charge >= 0.3 is 5.97 Å². The van der Waals surface area contributed by atoms with Crippen LogP contribution in [0.1, 0.15) is 30.9 Å². The van der Waals surface area contributed by atoms with Crippen LogP contribution in [0.5, 0.6) is 0 Å². The summed E-state index contributed by atoms with van der Waals surface area (Å²) in [6, 6.07) is 16.8. The second kappa shape index (κ2) is 11.1. The summed E-state index contributed by atoms with van der Waals surface area (Å²) in [4.78, 5) is 40.2. The minimum Gasteiger partial charge on any atom is -0.459 e. The molecule has 0 radical (unpaired) electrons. The zero-order valence-electron chi connectivity index (χ0n) is 18.6. The highest BCUT2D eigenvalue weighted by Gasteiger charge is 2.48. The van der Waals surface area contributed by atoms with Crippen LogP contribution in [0.15, 0.2) is 60.7 Å². The lowest BCUT2D eigenvalue weighted by Gasteiger charge is -2.41. The van der Waals surface area contributed by atoms with Gasteiger partial charge in [0, 0.05) is 19.5 Å². The number of nitrogens with one attached hydrogen (secondary N) is 1. The molecule has 0 spiro atoms. The zero-order valence-corrected chi connectivity index (χ0v) is 18.6. The highest BCUT2D eigenvalue weighted by Crippen LogP contribution is 2.33. The summed E-state index contributed by atoms with van der Waals surface area (Å²) >= 11 is 0. The third-order valence-corrected chi connectivity index (χ3v) is 5.90. The maximum absolute atomic E-state index is 13.8. The van der Waals surface area contributed by atoms with Gasteiger partial charge in [-0.05, 0) is 24.5 Å². The van der Waals surface area contributed by atoms with Crippen molar-refractivity contribution in [3.8, 4) is 0 Å². The minimum absolute atomic E-state index is 0.0101. The Morgan fingerprint density at radius 3 is 2.24 bits per heavy atom. The molecule has 0 bridgehead atoms. The van der Waals surface area contributed by atoms with E-state index in [9.17, 15) is 24.6 Å². The molecule has 2 aromatic carbocycles. The third-order valence-electron chi connectivity index (χ3n) is 5.90. The van der Waals surface area contributed by atoms with Gasteiger partial charge in [0.1, 0.15) is 6.61 Å². The first-order chi connectivity index (χ1) is 15.9. The summed E-state index contributed by atoms with van der Waals surface area (Å²) < 4.78 is 5.46. The Morgan fingerprint density at radius 2 is 1.70 bits per heavy atom. The van der Waals surface area contributed by atoms with Crippen molar-refractivity contribution in [3.63, 3.8) is 0 Å². The van der Waals surface area contributed by atoms with Gasteiger partial charge in [0.15, 0.2) is 6.04 Å². The number of aliphatic hydroxyl groups excluding tert-OH is 2. The fraction of sp³-hybridized carbons (Fsp3) is 0.400. The van der Waals surface area contributed by atoms with E-state index in [0.29, 0.717) is 0 Å². The molecule has 2 aromatic rings. The standard InChI is InChI=1S/C25H30N2O6/c1-18(29)22(23(31)33-16-20-10-6-3-7-11-20)27(15-19-8-4-2-5-9-19)24(32)25(17-28)12-13-26-21(30)14-25/h2-11,18,22,28-29H,12-17H2,1H3,(H,26,30). The Hall–Kier alpha value is -3.23. The maximum Gasteiger partial charge on any atom is 0.331 e. The lowest BCUT2D eigenvalue weighted by Crippen LogP contribution is -2.59. The van der Waals surface area contributed by atoms with Crippen LogP contribution < -0.4 is 5.32 Å². The van der Waals surface area contributed by atoms with Gasteiger partial charge in [-0.3, -0.25) is 9.59 Å². The van der Waals surface area contributed by atoms with E-state index in [4.69, 9.17) is 4.74 Å². The summed E-state index contributed by atoms with van der Waals surface area (Å²) in [5, 5.41) is 23.4. The lowest BCUT2D eigenvalue weighted by atomic mass is 9.77. The van der Waals surface area contributed by atoms with Crippen LogP contribution in [0.4, 0.5) is 0 Å². The number of piperidine rings is 1. The molecule has 0 aromatic heterocycles. The molecule has 8 heteroatoms. The Morgan fingerprint density at radius 1 is 1.09 bits per heavy atom. The van der Waals surface area contributed by atoms with Crippen molar-refractivity contribution < 1.29 is 29.3 Å². The number of hydrogen-bond acceptors (Lipinski definition) is 6. The highest BCUT2D eigenvalue weighted by atomic mass is 16.5. The zero-order chi connectivity index (χ0) is 23.8. The molecule has 3 atom stereocenters. The summed E-state index contributed by atoms with van der Waals surface area (Å²) in [7, 11) is 0. The van der Waals surface area contributed by atoms with Crippen molar-refractivity contribution in [3.05, 3.63) is 71.8 Å². The van der Waals surface area contributed by atoms with Crippen LogP contribution in [-0.4, -0.2) is 58.2 Å². The molecule has 3 unspecified atom stereocenters. The molecule has 1 aliphatic heterocycles. The largest absolute Gasteiger partial charge is 0.459 e. The van der Waals surface area contributed by atoms with Gasteiger partial charge in [-0.15, -0.1) is 0 Å². The maximum atomic E-state index is 13.8. The van der Waals surface area contributed by atoms with Crippen LogP contribution >= 0.6 is 0 Å². The molecule has 1 saturated heterocycles. The Balaban J connectivity index is 1.91. The molecule has 8 nitrogen and oxygen atoms in total. The summed E-state index contributed by atoms with van der Waals surface area (Å²) in [5.74, 6) is -1.67. The van der Waals surface area contributed by atoms with Gasteiger partial charge in [0.25, 0.3) is 0 Å². The molecule has 1 heterocycles. The van der Waals surface area contributed by atoms with E-state index >= 15 is 0 Å². The lowest BCUT2D eigenvalue weighted by molar-refractivity contribution is -0.168. The molecular formula is C25H30N2O6. The molecule has 0 saturated carbocycles. The molecule has 176 valence electrons. The number of esters is 1. The molecule has 3 rings (SSSR count). The molecule has 33 heavy (non-hydrogen) atoms. The van der Waals surface area contributed by atoms with E-state index in [-0.39, 0.29) is 38.4 Å². The molecule has 0 aliphatic carbocycles. The monoisotopic (exact) mass is 454 g/mol. The van der Waals surface area contributed by atoms with Gasteiger partial charge in [0.2, 0.25) is 11.8 Å². The number of carbonyl (C=O) groups excluding carboxylic acids is 3. The second-order valence-corrected chi connectivity index (χ2v) is 8.41. The first-order valence-electron chi connectivity index (χ1n) is 11.0. The van der Waals surface area contributed by atoms with Crippen molar-refractivity contribution in [2.45, 2.75) is 45.1 Å². The number of hydrogen-bond donors (Lipinski definition) is 3. The summed E-state index contributed by atoms with van der Waals surface area (Å²) in [6.07, 6.45) is -1.21. The summed E-state index contributed by atoms with van der Waals surface area (Å²) in [5.41, 5.74) is 0.136. The van der Waals surface area contributed by atoms with Crippen LogP contribution in [0.2, 0.25) is 0 Å². The number of nitrogens with zero attached hydrogens (tertiary/aromatic N) is 1. The fourth-order valence-corrected chi connectivity index (χ4v) is 4.06. The van der Waals surface area contributed by atoms with Crippen LogP contribution in [-0.2, 0) is 32.3 Å². The second-order valence-electron chi connectivity index (χ2n) is 8.41. The SMILES string of the molecule is CC(O)C(C(=O)OCc1ccccc1)N(Cc1ccccc1)C(=O)C1(CO)CCNC(=O)C1. The molecule has 1 aliphatic rings. The molecule has 2 amide bonds. The van der Waals surface area contributed by atoms with Gasteiger partial charge < -0.3 is 25.2 Å². The van der Waals surface area contributed by atoms with Gasteiger partial charge in [-0.2, -0.15) is 0 Å². The molecule has 3 N–H and O–H groups in total. The highest BCUT2D eigenvalue weighted by molar-refractivity contribution is 5.93. The topological polar surface area (TPSA) is 116 Å². The smallest absolute Gasteiger partial charge is 0.331 e. The van der Waals surface area contributed by atoms with Crippen molar-refractivity contribution in [2.75, 3.05) is 13.2 Å². The average Bonchev–Trinajstić information content (AvgIpc) is 2.83. The predicted molar refractivity (Wildman–Crippen MR) is 120 cm³/mol. The average molecular weight is 455 g/mol. The summed E-state index contributed by atoms with van der Waals surface area (Å²) in [6.45, 7) is 1.11. The van der Waals surface area contributed by atoms with E-state index < -0.39 is 36.0 Å². The predicted octanol–water partition coefficient (Wildman–Crippen LogP) is 1.40. The van der Waals surface area contributed by atoms with E-state index in [0.717, 1.165) is 11.1 Å². The number of amides is 2. The van der Waals surface area contributed by atoms with Crippen LogP contribution in [0.3, 0.4) is 0 Å². The molecule has 1 fully saturated rings. The first-order valence-corrected chi connectivity index (χ1v) is 11.0. The number of rotatable bonds is 9. The Labute approximate surface area is 193 Å². The van der Waals surface area contributed by atoms with Gasteiger partial charge in [-0.25, -0.2) is 4.79 Å². The Bertz CT molecular complexity index is 950. The van der Waals surface area contributed by atoms with E-state index in [1.807, 2.05) is 24.3 Å². The van der Waals surface area contributed by atoms with E-state index in [1.165, 1.54) is 11.8 Å². The number of carbonyl (C=O) groups is 3. The van der Waals surface area contributed by atoms with Gasteiger partial charge in [-0.1, -0.05) is 60.7 Å². The number of benzene rings is 2. The normalized spacial score (nSPS) is 19.8. The molecular weight excluding hydrogens is 424 g/mol. The number of ether oxygens (including phenoxy) is 1. The van der Waals surface area contributed by atoms with Gasteiger partial charge in [0.05, 0.1) is 18.1 Å². The Kier molecular flexibility index (Phi) is 8.19. The minimum atomic E-state index is -1.37.